The smallest absolute Gasteiger partial charge is 0.358 e. The Morgan fingerprint density at radius 2 is 2.08 bits per heavy atom. The molecule has 0 saturated heterocycles. The Bertz CT molecular complexity index is 831. The van der Waals surface area contributed by atoms with Crippen LogP contribution in [-0.4, -0.2) is 44.4 Å². The molecule has 122 valence electrons. The summed E-state index contributed by atoms with van der Waals surface area (Å²) < 4.78 is 11.6. The van der Waals surface area contributed by atoms with Crippen LogP contribution in [0.4, 0.5) is 0 Å². The minimum absolute atomic E-state index is 0.188. The van der Waals surface area contributed by atoms with Gasteiger partial charge in [0.25, 0.3) is 0 Å². The normalized spacial score (nSPS) is 10.4. The van der Waals surface area contributed by atoms with Gasteiger partial charge in [-0.15, -0.1) is 0 Å². The molecule has 0 N–H and O–H groups in total. The van der Waals surface area contributed by atoms with Crippen LogP contribution in [0.1, 0.15) is 17.4 Å². The molecular weight excluding hydrogens is 310 g/mol. The molecule has 0 fully saturated rings. The molecule has 3 aromatic rings. The predicted octanol–water partition coefficient (Wildman–Crippen LogP) is 1.91. The van der Waals surface area contributed by atoms with E-state index >= 15 is 0 Å². The third-order valence-electron chi connectivity index (χ3n) is 3.19. The first-order valence-corrected chi connectivity index (χ1v) is 7.27. The lowest BCUT2D eigenvalue weighted by atomic mass is 10.2. The molecule has 3 heterocycles. The van der Waals surface area contributed by atoms with E-state index < -0.39 is 5.97 Å². The monoisotopic (exact) mass is 325 g/mol. The lowest BCUT2D eigenvalue weighted by Gasteiger charge is -2.06. The molecule has 0 unspecified atom stereocenters. The average Bonchev–Trinajstić information content (AvgIpc) is 3.08. The van der Waals surface area contributed by atoms with E-state index in [0.717, 1.165) is 0 Å². The first-order valence-electron chi connectivity index (χ1n) is 7.27. The number of aromatic nitrogens is 5. The van der Waals surface area contributed by atoms with Gasteiger partial charge < -0.3 is 9.47 Å². The minimum atomic E-state index is -0.497. The number of rotatable bonds is 5. The highest BCUT2D eigenvalue weighted by Gasteiger charge is 2.18. The molecule has 0 spiro atoms. The van der Waals surface area contributed by atoms with E-state index in [-0.39, 0.29) is 12.3 Å². The van der Waals surface area contributed by atoms with E-state index in [1.165, 1.54) is 0 Å². The van der Waals surface area contributed by atoms with E-state index in [0.29, 0.717) is 23.0 Å². The summed E-state index contributed by atoms with van der Waals surface area (Å²) in [4.78, 5) is 24.5. The van der Waals surface area contributed by atoms with E-state index in [4.69, 9.17) is 9.47 Å². The number of nitrogens with zero attached hydrogens (tertiary/aromatic N) is 5. The van der Waals surface area contributed by atoms with Gasteiger partial charge in [0.15, 0.2) is 5.69 Å². The number of carbonyl (C=O) groups is 1. The van der Waals surface area contributed by atoms with Crippen molar-refractivity contribution in [3.05, 3.63) is 48.7 Å². The molecule has 0 aromatic carbocycles. The molecule has 3 rings (SSSR count). The van der Waals surface area contributed by atoms with Gasteiger partial charge in [-0.05, 0) is 13.0 Å². The van der Waals surface area contributed by atoms with Crippen molar-refractivity contribution < 1.29 is 14.3 Å². The van der Waals surface area contributed by atoms with Crippen LogP contribution in [0.5, 0.6) is 5.88 Å². The molecule has 0 amide bonds. The first-order chi connectivity index (χ1) is 11.7. The number of methoxy groups -OCH3 is 1. The Morgan fingerprint density at radius 3 is 2.71 bits per heavy atom. The van der Waals surface area contributed by atoms with Crippen molar-refractivity contribution in [1.29, 1.82) is 0 Å². The van der Waals surface area contributed by atoms with Gasteiger partial charge in [-0.3, -0.25) is 9.97 Å². The number of esters is 1. The van der Waals surface area contributed by atoms with Crippen LogP contribution in [0.2, 0.25) is 0 Å². The highest BCUT2D eigenvalue weighted by atomic mass is 16.5. The number of hydrogen-bond donors (Lipinski definition) is 0. The molecule has 0 aliphatic rings. The summed E-state index contributed by atoms with van der Waals surface area (Å²) in [6, 6.07) is 5.11. The van der Waals surface area contributed by atoms with Gasteiger partial charge in [0.2, 0.25) is 5.88 Å². The van der Waals surface area contributed by atoms with Gasteiger partial charge in [-0.1, -0.05) is 0 Å². The van der Waals surface area contributed by atoms with Gasteiger partial charge in [-0.25, -0.2) is 14.5 Å². The maximum Gasteiger partial charge on any atom is 0.358 e. The Balaban J connectivity index is 2.09. The van der Waals surface area contributed by atoms with Crippen LogP contribution < -0.4 is 4.74 Å². The second kappa shape index (κ2) is 6.86. The van der Waals surface area contributed by atoms with Gasteiger partial charge in [0, 0.05) is 24.5 Å². The van der Waals surface area contributed by atoms with Gasteiger partial charge in [0.05, 0.1) is 37.5 Å². The number of hydrogen-bond acceptors (Lipinski definition) is 7. The van der Waals surface area contributed by atoms with Crippen molar-refractivity contribution in [3.63, 3.8) is 0 Å². The summed E-state index contributed by atoms with van der Waals surface area (Å²) in [6.07, 6.45) is 6.34. The zero-order chi connectivity index (χ0) is 16.9. The summed E-state index contributed by atoms with van der Waals surface area (Å²) in [5, 5.41) is 4.32. The Labute approximate surface area is 138 Å². The van der Waals surface area contributed by atoms with Crippen molar-refractivity contribution in [1.82, 2.24) is 24.7 Å². The molecule has 0 atom stereocenters. The third-order valence-corrected chi connectivity index (χ3v) is 3.19. The van der Waals surface area contributed by atoms with Crippen molar-refractivity contribution in [3.8, 4) is 23.0 Å². The quantitative estimate of drug-likeness (QED) is 0.662. The fourth-order valence-electron chi connectivity index (χ4n) is 2.12. The standard InChI is InChI=1S/C16H15N5O3/c1-3-24-16(22)12-8-14(13-10-17-6-7-18-13)21(20-12)11-4-5-15(23-2)19-9-11/h4-10H,3H2,1-2H3. The Morgan fingerprint density at radius 1 is 1.21 bits per heavy atom. The molecule has 0 radical (unpaired) electrons. The maximum absolute atomic E-state index is 12.0. The molecule has 0 aliphatic heterocycles. The van der Waals surface area contributed by atoms with E-state index in [1.807, 2.05) is 0 Å². The molecular formula is C16H15N5O3. The molecule has 8 heteroatoms. The summed E-state index contributed by atoms with van der Waals surface area (Å²) in [5.41, 5.74) is 2.04. The topological polar surface area (TPSA) is 92.0 Å². The molecule has 0 bridgehead atoms. The van der Waals surface area contributed by atoms with Crippen molar-refractivity contribution in [2.45, 2.75) is 6.92 Å². The fraction of sp³-hybridized carbons (Fsp3) is 0.188. The highest BCUT2D eigenvalue weighted by molar-refractivity contribution is 5.88. The third kappa shape index (κ3) is 3.07. The van der Waals surface area contributed by atoms with Gasteiger partial charge in [-0.2, -0.15) is 5.10 Å². The number of pyridine rings is 1. The SMILES string of the molecule is CCOC(=O)c1cc(-c2cnccn2)n(-c2ccc(OC)nc2)n1. The van der Waals surface area contributed by atoms with Crippen LogP contribution in [0.15, 0.2) is 43.0 Å². The zero-order valence-corrected chi connectivity index (χ0v) is 13.2. The van der Waals surface area contributed by atoms with Crippen LogP contribution in [0.25, 0.3) is 17.1 Å². The largest absolute Gasteiger partial charge is 0.481 e. The van der Waals surface area contributed by atoms with Gasteiger partial charge >= 0.3 is 5.97 Å². The Kier molecular flexibility index (Phi) is 4.46. The summed E-state index contributed by atoms with van der Waals surface area (Å²) in [6.45, 7) is 2.02. The van der Waals surface area contributed by atoms with Crippen LogP contribution in [0, 0.1) is 0 Å². The summed E-state index contributed by atoms with van der Waals surface area (Å²) in [7, 11) is 1.54. The minimum Gasteiger partial charge on any atom is -0.481 e. The van der Waals surface area contributed by atoms with Gasteiger partial charge in [0.1, 0.15) is 5.69 Å². The predicted molar refractivity (Wildman–Crippen MR) is 84.9 cm³/mol. The second-order valence-electron chi connectivity index (χ2n) is 4.70. The van der Waals surface area contributed by atoms with Crippen molar-refractivity contribution in [2.24, 2.45) is 0 Å². The van der Waals surface area contributed by atoms with Crippen molar-refractivity contribution in [2.75, 3.05) is 13.7 Å². The van der Waals surface area contributed by atoms with Crippen LogP contribution in [0.3, 0.4) is 0 Å². The van der Waals surface area contributed by atoms with Crippen LogP contribution in [-0.2, 0) is 4.74 Å². The lowest BCUT2D eigenvalue weighted by molar-refractivity contribution is 0.0519. The number of ether oxygens (including phenoxy) is 2. The molecule has 0 saturated carbocycles. The zero-order valence-electron chi connectivity index (χ0n) is 13.2. The van der Waals surface area contributed by atoms with E-state index in [9.17, 15) is 4.79 Å². The van der Waals surface area contributed by atoms with Crippen molar-refractivity contribution >= 4 is 5.97 Å². The highest BCUT2D eigenvalue weighted by Crippen LogP contribution is 2.22. The second-order valence-corrected chi connectivity index (χ2v) is 4.70. The molecule has 0 aliphatic carbocycles. The Hall–Kier alpha value is -3.29. The van der Waals surface area contributed by atoms with E-state index in [1.54, 1.807) is 61.7 Å². The molecule has 8 nitrogen and oxygen atoms in total. The van der Waals surface area contributed by atoms with Crippen LogP contribution >= 0.6 is 0 Å². The summed E-state index contributed by atoms with van der Waals surface area (Å²) >= 11 is 0. The fourth-order valence-corrected chi connectivity index (χ4v) is 2.12. The van der Waals surface area contributed by atoms with E-state index in [2.05, 4.69) is 20.1 Å². The average molecular weight is 325 g/mol. The summed E-state index contributed by atoms with van der Waals surface area (Å²) in [5.74, 6) is -0.0135. The molecule has 24 heavy (non-hydrogen) atoms. The maximum atomic E-state index is 12.0. The lowest BCUT2D eigenvalue weighted by Crippen LogP contribution is -2.07. The molecule has 3 aromatic heterocycles. The first kappa shape index (κ1) is 15.6. The number of carbonyl (C=O) groups excluding carboxylic acids is 1.